The summed E-state index contributed by atoms with van der Waals surface area (Å²) in [6.45, 7) is 3.48. The van der Waals surface area contributed by atoms with E-state index in [4.69, 9.17) is 17.3 Å². The highest BCUT2D eigenvalue weighted by molar-refractivity contribution is 6.31. The molecule has 0 atom stereocenters. The summed E-state index contributed by atoms with van der Waals surface area (Å²) >= 11 is 5.59. The summed E-state index contributed by atoms with van der Waals surface area (Å²) in [5, 5.41) is -0.435. The second-order valence-corrected chi connectivity index (χ2v) is 4.92. The summed E-state index contributed by atoms with van der Waals surface area (Å²) in [5.74, 6) is -2.68. The molecule has 0 radical (unpaired) electrons. The molecule has 9 heteroatoms. The van der Waals surface area contributed by atoms with Gasteiger partial charge in [0.15, 0.2) is 11.5 Å². The molecule has 0 bridgehead atoms. The number of carbonyl (C=O) groups excluding carboxylic acids is 1. The molecule has 0 amide bonds. The first-order chi connectivity index (χ1) is 11.3. The van der Waals surface area contributed by atoms with Crippen molar-refractivity contribution in [3.8, 4) is 11.4 Å². The number of carbonyl (C=O) groups is 1. The standard InChI is InChI=1S/C15H11ClF3N3O2/c1-3-6-11(15(23)24-2)21-14(22-13(6)20)7-4-5-8(16)9(10(7)17)12(18)19/h3-5,12H,1H2,2H3,(H2,20,21,22). The summed E-state index contributed by atoms with van der Waals surface area (Å²) in [7, 11) is 1.12. The Kier molecular flexibility index (Phi) is 5.08. The zero-order chi connectivity index (χ0) is 18.0. The Morgan fingerprint density at radius 1 is 1.42 bits per heavy atom. The number of hydrogen-bond donors (Lipinski definition) is 1. The number of aromatic nitrogens is 2. The van der Waals surface area contributed by atoms with E-state index in [2.05, 4.69) is 21.3 Å². The van der Waals surface area contributed by atoms with Crippen LogP contribution in [0, 0.1) is 5.82 Å². The number of nitrogens with two attached hydrogens (primary N) is 1. The highest BCUT2D eigenvalue weighted by atomic mass is 35.5. The summed E-state index contributed by atoms with van der Waals surface area (Å²) in [6, 6.07) is 2.20. The number of rotatable bonds is 4. The number of esters is 1. The van der Waals surface area contributed by atoms with Crippen molar-refractivity contribution < 1.29 is 22.7 Å². The third-order valence-electron chi connectivity index (χ3n) is 3.14. The first-order valence-corrected chi connectivity index (χ1v) is 6.84. The van der Waals surface area contributed by atoms with Gasteiger partial charge >= 0.3 is 5.97 Å². The summed E-state index contributed by atoms with van der Waals surface area (Å²) in [4.78, 5) is 19.5. The van der Waals surface area contributed by atoms with Crippen LogP contribution in [0.4, 0.5) is 19.0 Å². The zero-order valence-electron chi connectivity index (χ0n) is 12.3. The minimum atomic E-state index is -3.14. The maximum Gasteiger partial charge on any atom is 0.357 e. The van der Waals surface area contributed by atoms with Crippen LogP contribution in [0.3, 0.4) is 0 Å². The fraction of sp³-hybridized carbons (Fsp3) is 0.133. The third kappa shape index (κ3) is 3.05. The molecule has 2 aromatic rings. The van der Waals surface area contributed by atoms with Crippen LogP contribution in [0.25, 0.3) is 17.5 Å². The Bertz CT molecular complexity index is 828. The van der Waals surface area contributed by atoms with Crippen LogP contribution in [0.2, 0.25) is 5.02 Å². The number of halogens is 4. The summed E-state index contributed by atoms with van der Waals surface area (Å²) in [6.07, 6.45) is -1.91. The van der Waals surface area contributed by atoms with Crippen molar-refractivity contribution in [1.82, 2.24) is 9.97 Å². The van der Waals surface area contributed by atoms with E-state index in [1.54, 1.807) is 0 Å². The second-order valence-electron chi connectivity index (χ2n) is 4.51. The molecule has 1 heterocycles. The van der Waals surface area contributed by atoms with Crippen LogP contribution in [-0.4, -0.2) is 23.0 Å². The molecule has 0 spiro atoms. The Labute approximate surface area is 139 Å². The van der Waals surface area contributed by atoms with Gasteiger partial charge in [0.25, 0.3) is 6.43 Å². The molecular weight excluding hydrogens is 347 g/mol. The zero-order valence-corrected chi connectivity index (χ0v) is 13.1. The Hall–Kier alpha value is -2.61. The van der Waals surface area contributed by atoms with Gasteiger partial charge in [-0.25, -0.2) is 27.9 Å². The van der Waals surface area contributed by atoms with Gasteiger partial charge in [-0.2, -0.15) is 0 Å². The Balaban J connectivity index is 2.75. The predicted molar refractivity (Wildman–Crippen MR) is 83.2 cm³/mol. The van der Waals surface area contributed by atoms with Gasteiger partial charge in [0.05, 0.1) is 23.3 Å². The van der Waals surface area contributed by atoms with Gasteiger partial charge in [0.1, 0.15) is 11.6 Å². The molecule has 0 saturated heterocycles. The number of nitrogen functional groups attached to an aromatic ring is 1. The predicted octanol–water partition coefficient (Wildman–Crippen LogP) is 3.89. The number of anilines is 1. The molecule has 2 N–H and O–H groups in total. The highest BCUT2D eigenvalue weighted by Crippen LogP contribution is 2.35. The van der Waals surface area contributed by atoms with Gasteiger partial charge in [0.2, 0.25) is 0 Å². The molecule has 0 aliphatic rings. The van der Waals surface area contributed by atoms with E-state index in [9.17, 15) is 18.0 Å². The lowest BCUT2D eigenvalue weighted by Crippen LogP contribution is -2.12. The van der Waals surface area contributed by atoms with Crippen molar-refractivity contribution in [3.63, 3.8) is 0 Å². The van der Waals surface area contributed by atoms with Crippen molar-refractivity contribution >= 4 is 29.5 Å². The van der Waals surface area contributed by atoms with Gasteiger partial charge in [0, 0.05) is 5.56 Å². The van der Waals surface area contributed by atoms with Gasteiger partial charge in [-0.1, -0.05) is 24.3 Å². The van der Waals surface area contributed by atoms with Crippen molar-refractivity contribution in [2.24, 2.45) is 0 Å². The van der Waals surface area contributed by atoms with Crippen LogP contribution in [0.15, 0.2) is 18.7 Å². The molecule has 5 nitrogen and oxygen atoms in total. The van der Waals surface area contributed by atoms with Crippen LogP contribution in [0.5, 0.6) is 0 Å². The maximum atomic E-state index is 14.4. The topological polar surface area (TPSA) is 78.1 Å². The largest absolute Gasteiger partial charge is 0.464 e. The minimum absolute atomic E-state index is 0.0917. The molecule has 2 rings (SSSR count). The summed E-state index contributed by atoms with van der Waals surface area (Å²) < 4.78 is 44.9. The molecule has 0 aliphatic carbocycles. The molecule has 0 fully saturated rings. The van der Waals surface area contributed by atoms with Crippen LogP contribution in [-0.2, 0) is 4.74 Å². The van der Waals surface area contributed by atoms with E-state index < -0.39 is 28.8 Å². The smallest absolute Gasteiger partial charge is 0.357 e. The molecule has 126 valence electrons. The van der Waals surface area contributed by atoms with Crippen molar-refractivity contribution in [2.75, 3.05) is 12.8 Å². The number of ether oxygens (including phenoxy) is 1. The number of alkyl halides is 2. The van der Waals surface area contributed by atoms with E-state index in [1.165, 1.54) is 6.08 Å². The lowest BCUT2D eigenvalue weighted by Gasteiger charge is -2.12. The minimum Gasteiger partial charge on any atom is -0.464 e. The SMILES string of the molecule is C=Cc1c(N)nc(-c2ccc(Cl)c(C(F)F)c2F)nc1C(=O)OC. The van der Waals surface area contributed by atoms with Crippen molar-refractivity contribution in [2.45, 2.75) is 6.43 Å². The maximum absolute atomic E-state index is 14.4. The van der Waals surface area contributed by atoms with Crippen molar-refractivity contribution in [1.29, 1.82) is 0 Å². The van der Waals surface area contributed by atoms with Gasteiger partial charge in [-0.3, -0.25) is 0 Å². The first-order valence-electron chi connectivity index (χ1n) is 6.46. The highest BCUT2D eigenvalue weighted by Gasteiger charge is 2.24. The quantitative estimate of drug-likeness (QED) is 0.840. The molecule has 1 aromatic carbocycles. The van der Waals surface area contributed by atoms with E-state index in [-0.39, 0.29) is 28.5 Å². The number of hydrogen-bond acceptors (Lipinski definition) is 5. The number of nitrogens with zero attached hydrogens (tertiary/aromatic N) is 2. The Morgan fingerprint density at radius 2 is 2.08 bits per heavy atom. The average Bonchev–Trinajstić information content (AvgIpc) is 2.53. The second kappa shape index (κ2) is 6.88. The van der Waals surface area contributed by atoms with Crippen molar-refractivity contribution in [3.05, 3.63) is 46.4 Å². The number of benzene rings is 1. The molecular formula is C15H11ClF3N3O2. The molecule has 0 unspecified atom stereocenters. The molecule has 1 aromatic heterocycles. The van der Waals surface area contributed by atoms with Gasteiger partial charge in [-0.05, 0) is 12.1 Å². The molecule has 24 heavy (non-hydrogen) atoms. The Morgan fingerprint density at radius 3 is 2.62 bits per heavy atom. The molecule has 0 aliphatic heterocycles. The van der Waals surface area contributed by atoms with Crippen LogP contribution in [0.1, 0.15) is 28.0 Å². The lowest BCUT2D eigenvalue weighted by molar-refractivity contribution is 0.0593. The normalized spacial score (nSPS) is 10.8. The molecule has 0 saturated carbocycles. The van der Waals surface area contributed by atoms with E-state index in [1.807, 2.05) is 0 Å². The van der Waals surface area contributed by atoms with Gasteiger partial charge < -0.3 is 10.5 Å². The van der Waals surface area contributed by atoms with E-state index in [0.717, 1.165) is 19.2 Å². The number of methoxy groups -OCH3 is 1. The van der Waals surface area contributed by atoms with Gasteiger partial charge in [-0.15, -0.1) is 0 Å². The fourth-order valence-corrected chi connectivity index (χ4v) is 2.23. The first kappa shape index (κ1) is 17.7. The monoisotopic (exact) mass is 357 g/mol. The lowest BCUT2D eigenvalue weighted by atomic mass is 10.1. The fourth-order valence-electron chi connectivity index (χ4n) is 2.00. The average molecular weight is 358 g/mol. The van der Waals surface area contributed by atoms with E-state index in [0.29, 0.717) is 0 Å². The van der Waals surface area contributed by atoms with Crippen LogP contribution < -0.4 is 5.73 Å². The van der Waals surface area contributed by atoms with Crippen LogP contribution >= 0.6 is 11.6 Å². The third-order valence-corrected chi connectivity index (χ3v) is 3.47. The van der Waals surface area contributed by atoms with E-state index >= 15 is 0 Å². The summed E-state index contributed by atoms with van der Waals surface area (Å²) in [5.41, 5.74) is 4.19.